The van der Waals surface area contributed by atoms with Gasteiger partial charge >= 0.3 is 0 Å². The van der Waals surface area contributed by atoms with Gasteiger partial charge in [-0.3, -0.25) is 11.3 Å². The normalized spacial score (nSPS) is 13.4. The third-order valence-corrected chi connectivity index (χ3v) is 3.59. The van der Waals surface area contributed by atoms with Crippen molar-refractivity contribution in [3.63, 3.8) is 0 Å². The Bertz CT molecular complexity index is 410. The summed E-state index contributed by atoms with van der Waals surface area (Å²) >= 11 is 5.96. The SMILES string of the molecule is COc1cc(Cl)ccc1C(CCC(C)(C)OC)NN. The molecule has 0 aliphatic rings. The van der Waals surface area contributed by atoms with Gasteiger partial charge in [-0.05, 0) is 38.8 Å². The van der Waals surface area contributed by atoms with E-state index in [9.17, 15) is 0 Å². The Labute approximate surface area is 120 Å². The summed E-state index contributed by atoms with van der Waals surface area (Å²) < 4.78 is 10.8. The summed E-state index contributed by atoms with van der Waals surface area (Å²) in [7, 11) is 3.34. The summed E-state index contributed by atoms with van der Waals surface area (Å²) in [6, 6.07) is 5.57. The largest absolute Gasteiger partial charge is 0.496 e. The molecular weight excluding hydrogens is 264 g/mol. The summed E-state index contributed by atoms with van der Waals surface area (Å²) in [4.78, 5) is 0. The van der Waals surface area contributed by atoms with Crippen molar-refractivity contribution in [2.24, 2.45) is 5.84 Å². The van der Waals surface area contributed by atoms with E-state index in [0.29, 0.717) is 5.02 Å². The van der Waals surface area contributed by atoms with Crippen LogP contribution in [-0.2, 0) is 4.74 Å². The lowest BCUT2D eigenvalue weighted by Crippen LogP contribution is -2.31. The second kappa shape index (κ2) is 7.10. The molecule has 0 aliphatic heterocycles. The maximum atomic E-state index is 5.96. The minimum atomic E-state index is -0.172. The van der Waals surface area contributed by atoms with E-state index in [-0.39, 0.29) is 11.6 Å². The maximum absolute atomic E-state index is 5.96. The van der Waals surface area contributed by atoms with Crippen LogP contribution >= 0.6 is 11.6 Å². The van der Waals surface area contributed by atoms with E-state index in [1.54, 1.807) is 20.3 Å². The van der Waals surface area contributed by atoms with E-state index in [4.69, 9.17) is 26.9 Å². The molecule has 0 aliphatic carbocycles. The number of rotatable bonds is 7. The van der Waals surface area contributed by atoms with Crippen LogP contribution in [0.1, 0.15) is 38.3 Å². The lowest BCUT2D eigenvalue weighted by molar-refractivity contribution is 0.0116. The number of benzene rings is 1. The molecule has 1 aromatic rings. The highest BCUT2D eigenvalue weighted by molar-refractivity contribution is 6.30. The number of hydrazine groups is 1. The number of halogens is 1. The molecule has 0 bridgehead atoms. The molecule has 1 atom stereocenters. The molecule has 3 N–H and O–H groups in total. The summed E-state index contributed by atoms with van der Waals surface area (Å²) in [5, 5.41) is 0.647. The zero-order valence-electron chi connectivity index (χ0n) is 12.0. The first-order valence-electron chi connectivity index (χ1n) is 6.28. The number of hydrogen-bond acceptors (Lipinski definition) is 4. The predicted octanol–water partition coefficient (Wildman–Crippen LogP) is 3.06. The minimum absolute atomic E-state index is 0.00152. The Morgan fingerprint density at radius 2 is 2.05 bits per heavy atom. The van der Waals surface area contributed by atoms with Gasteiger partial charge in [-0.15, -0.1) is 0 Å². The number of methoxy groups -OCH3 is 2. The zero-order chi connectivity index (χ0) is 14.5. The Kier molecular flexibility index (Phi) is 6.07. The first-order valence-corrected chi connectivity index (χ1v) is 6.66. The van der Waals surface area contributed by atoms with E-state index >= 15 is 0 Å². The molecule has 0 spiro atoms. The maximum Gasteiger partial charge on any atom is 0.125 e. The standard InChI is InChI=1S/C14H23ClN2O2/c1-14(2,19-4)8-7-12(17-16)11-6-5-10(15)9-13(11)18-3/h5-6,9,12,17H,7-8,16H2,1-4H3. The highest BCUT2D eigenvalue weighted by Gasteiger charge is 2.21. The van der Waals surface area contributed by atoms with Gasteiger partial charge < -0.3 is 9.47 Å². The van der Waals surface area contributed by atoms with Gasteiger partial charge in [0.25, 0.3) is 0 Å². The molecular formula is C14H23ClN2O2. The van der Waals surface area contributed by atoms with E-state index in [1.807, 2.05) is 12.1 Å². The summed E-state index contributed by atoms with van der Waals surface area (Å²) in [5.74, 6) is 6.40. The molecule has 0 radical (unpaired) electrons. The molecule has 0 fully saturated rings. The van der Waals surface area contributed by atoms with E-state index in [2.05, 4.69) is 19.3 Å². The van der Waals surface area contributed by atoms with Crippen molar-refractivity contribution >= 4 is 11.6 Å². The third kappa shape index (κ3) is 4.66. The number of ether oxygens (including phenoxy) is 2. The van der Waals surface area contributed by atoms with Crippen LogP contribution in [0.25, 0.3) is 0 Å². The molecule has 0 amide bonds. The van der Waals surface area contributed by atoms with Gasteiger partial charge in [0.1, 0.15) is 5.75 Å². The fourth-order valence-corrected chi connectivity index (χ4v) is 2.06. The average molecular weight is 287 g/mol. The molecule has 4 nitrogen and oxygen atoms in total. The van der Waals surface area contributed by atoms with Crippen LogP contribution in [0.5, 0.6) is 5.75 Å². The predicted molar refractivity (Wildman–Crippen MR) is 78.4 cm³/mol. The number of nitrogens with two attached hydrogens (primary N) is 1. The Balaban J connectivity index is 2.85. The number of hydrogen-bond donors (Lipinski definition) is 2. The molecule has 1 rings (SSSR count). The Morgan fingerprint density at radius 1 is 1.37 bits per heavy atom. The van der Waals surface area contributed by atoms with Crippen LogP contribution in [0.15, 0.2) is 18.2 Å². The van der Waals surface area contributed by atoms with Crippen molar-refractivity contribution in [1.82, 2.24) is 5.43 Å². The van der Waals surface area contributed by atoms with Crippen LogP contribution in [0.4, 0.5) is 0 Å². The average Bonchev–Trinajstić information content (AvgIpc) is 2.40. The lowest BCUT2D eigenvalue weighted by Gasteiger charge is -2.26. The molecule has 19 heavy (non-hydrogen) atoms. The Hall–Kier alpha value is -0.810. The fraction of sp³-hybridized carbons (Fsp3) is 0.571. The smallest absolute Gasteiger partial charge is 0.125 e. The second-order valence-electron chi connectivity index (χ2n) is 5.11. The van der Waals surface area contributed by atoms with Gasteiger partial charge in [-0.2, -0.15) is 0 Å². The first-order chi connectivity index (χ1) is 8.93. The third-order valence-electron chi connectivity index (χ3n) is 3.36. The number of nitrogens with one attached hydrogen (secondary N) is 1. The van der Waals surface area contributed by atoms with Gasteiger partial charge in [0.2, 0.25) is 0 Å². The summed E-state index contributed by atoms with van der Waals surface area (Å²) in [6.45, 7) is 4.11. The van der Waals surface area contributed by atoms with Crippen LogP contribution in [0, 0.1) is 0 Å². The van der Waals surface area contributed by atoms with E-state index in [1.165, 1.54) is 0 Å². The van der Waals surface area contributed by atoms with Gasteiger partial charge in [-0.25, -0.2) is 0 Å². The molecule has 108 valence electrons. The summed E-state index contributed by atoms with van der Waals surface area (Å²) in [6.07, 6.45) is 1.72. The quantitative estimate of drug-likeness (QED) is 0.597. The van der Waals surface area contributed by atoms with Crippen molar-refractivity contribution in [2.75, 3.05) is 14.2 Å². The molecule has 5 heteroatoms. The van der Waals surface area contributed by atoms with Crippen LogP contribution in [0.2, 0.25) is 5.02 Å². The van der Waals surface area contributed by atoms with E-state index < -0.39 is 0 Å². The van der Waals surface area contributed by atoms with Gasteiger partial charge in [-0.1, -0.05) is 17.7 Å². The van der Waals surface area contributed by atoms with Crippen LogP contribution in [0.3, 0.4) is 0 Å². The van der Waals surface area contributed by atoms with Crippen molar-refractivity contribution in [1.29, 1.82) is 0 Å². The van der Waals surface area contributed by atoms with E-state index in [0.717, 1.165) is 24.2 Å². The molecule has 1 aromatic carbocycles. The molecule has 0 aromatic heterocycles. The second-order valence-corrected chi connectivity index (χ2v) is 5.54. The summed E-state index contributed by atoms with van der Waals surface area (Å²) in [5.41, 5.74) is 3.66. The molecule has 1 unspecified atom stereocenters. The Morgan fingerprint density at radius 3 is 2.58 bits per heavy atom. The van der Waals surface area contributed by atoms with Crippen molar-refractivity contribution in [2.45, 2.75) is 38.3 Å². The zero-order valence-corrected chi connectivity index (χ0v) is 12.8. The van der Waals surface area contributed by atoms with Crippen LogP contribution < -0.4 is 16.0 Å². The molecule has 0 saturated heterocycles. The first kappa shape index (κ1) is 16.2. The van der Waals surface area contributed by atoms with Crippen molar-refractivity contribution in [3.05, 3.63) is 28.8 Å². The lowest BCUT2D eigenvalue weighted by atomic mass is 9.95. The van der Waals surface area contributed by atoms with Crippen LogP contribution in [-0.4, -0.2) is 19.8 Å². The van der Waals surface area contributed by atoms with Gasteiger partial charge in [0.15, 0.2) is 0 Å². The monoisotopic (exact) mass is 286 g/mol. The fourth-order valence-electron chi connectivity index (χ4n) is 1.90. The van der Waals surface area contributed by atoms with Crippen molar-refractivity contribution in [3.8, 4) is 5.75 Å². The molecule has 0 heterocycles. The highest BCUT2D eigenvalue weighted by atomic mass is 35.5. The minimum Gasteiger partial charge on any atom is -0.496 e. The topological polar surface area (TPSA) is 56.5 Å². The van der Waals surface area contributed by atoms with Crippen molar-refractivity contribution < 1.29 is 9.47 Å². The highest BCUT2D eigenvalue weighted by Crippen LogP contribution is 2.32. The van der Waals surface area contributed by atoms with Gasteiger partial charge in [0.05, 0.1) is 12.7 Å². The van der Waals surface area contributed by atoms with Gasteiger partial charge in [0, 0.05) is 23.7 Å². The molecule has 0 saturated carbocycles.